The van der Waals surface area contributed by atoms with Gasteiger partial charge in [-0.15, -0.1) is 0 Å². The summed E-state index contributed by atoms with van der Waals surface area (Å²) in [7, 11) is 3.36. The fraction of sp³-hybridized carbons (Fsp3) is 0.455. The van der Waals surface area contributed by atoms with E-state index in [1.54, 1.807) is 38.7 Å². The number of likely N-dealkylation sites (tertiary alicyclic amines) is 1. The second kappa shape index (κ2) is 10.1. The van der Waals surface area contributed by atoms with Crippen molar-refractivity contribution in [2.24, 2.45) is 5.92 Å². The molecule has 0 atom stereocenters. The van der Waals surface area contributed by atoms with E-state index in [0.717, 1.165) is 56.0 Å². The molecule has 1 aliphatic rings. The highest BCUT2D eigenvalue weighted by atomic mass is 16.5. The van der Waals surface area contributed by atoms with E-state index in [4.69, 9.17) is 9.47 Å². The lowest BCUT2D eigenvalue weighted by Crippen LogP contribution is -2.39. The number of nitrogens with zero attached hydrogens (tertiary/aromatic N) is 2. The normalized spacial score (nSPS) is 15.2. The summed E-state index contributed by atoms with van der Waals surface area (Å²) in [6.07, 6.45) is 7.78. The summed E-state index contributed by atoms with van der Waals surface area (Å²) < 4.78 is 10.7. The van der Waals surface area contributed by atoms with E-state index >= 15 is 0 Å². The first-order chi connectivity index (χ1) is 13.7. The van der Waals surface area contributed by atoms with Crippen LogP contribution in [0.2, 0.25) is 0 Å². The van der Waals surface area contributed by atoms with E-state index in [1.807, 2.05) is 6.07 Å². The third-order valence-corrected chi connectivity index (χ3v) is 5.29. The molecular formula is C22H29N3O3. The first-order valence-corrected chi connectivity index (χ1v) is 9.80. The molecule has 1 amide bonds. The summed E-state index contributed by atoms with van der Waals surface area (Å²) in [5.41, 5.74) is 2.04. The van der Waals surface area contributed by atoms with Gasteiger partial charge in [-0.2, -0.15) is 0 Å². The van der Waals surface area contributed by atoms with Crippen LogP contribution in [-0.4, -0.2) is 49.6 Å². The Balaban J connectivity index is 1.41. The van der Waals surface area contributed by atoms with Gasteiger partial charge in [0.05, 0.1) is 20.8 Å². The van der Waals surface area contributed by atoms with Crippen LogP contribution in [0.3, 0.4) is 0 Å². The van der Waals surface area contributed by atoms with Crippen molar-refractivity contribution in [2.75, 3.05) is 39.2 Å². The van der Waals surface area contributed by atoms with E-state index in [9.17, 15) is 4.79 Å². The Hall–Kier alpha value is -2.60. The first kappa shape index (κ1) is 20.1. The molecule has 6 heteroatoms. The SMILES string of the molecule is COc1cc(CCC2CCN(CC(=O)Nc3ccncc3)CC2)cc(OC)c1. The van der Waals surface area contributed by atoms with Gasteiger partial charge in [0.25, 0.3) is 0 Å². The van der Waals surface area contributed by atoms with Crippen molar-refractivity contribution in [2.45, 2.75) is 25.7 Å². The summed E-state index contributed by atoms with van der Waals surface area (Å²) in [5.74, 6) is 2.40. The number of ether oxygens (including phenoxy) is 2. The number of benzene rings is 1. The number of nitrogens with one attached hydrogen (secondary N) is 1. The number of anilines is 1. The van der Waals surface area contributed by atoms with Crippen molar-refractivity contribution in [1.82, 2.24) is 9.88 Å². The van der Waals surface area contributed by atoms with Gasteiger partial charge < -0.3 is 14.8 Å². The van der Waals surface area contributed by atoms with Crippen molar-refractivity contribution in [3.63, 3.8) is 0 Å². The van der Waals surface area contributed by atoms with Crippen molar-refractivity contribution in [3.8, 4) is 11.5 Å². The Morgan fingerprint density at radius 2 is 1.75 bits per heavy atom. The van der Waals surface area contributed by atoms with Crippen molar-refractivity contribution in [1.29, 1.82) is 0 Å². The molecule has 0 aliphatic carbocycles. The van der Waals surface area contributed by atoms with E-state index in [1.165, 1.54) is 5.56 Å². The zero-order valence-electron chi connectivity index (χ0n) is 16.7. The average Bonchev–Trinajstić information content (AvgIpc) is 2.73. The maximum absolute atomic E-state index is 12.2. The van der Waals surface area contributed by atoms with Gasteiger partial charge >= 0.3 is 0 Å². The molecule has 2 aromatic rings. The zero-order valence-corrected chi connectivity index (χ0v) is 16.7. The molecule has 1 N–H and O–H groups in total. The Kier molecular flexibility index (Phi) is 7.25. The largest absolute Gasteiger partial charge is 0.497 e. The fourth-order valence-corrected chi connectivity index (χ4v) is 3.65. The van der Waals surface area contributed by atoms with Gasteiger partial charge in [-0.25, -0.2) is 0 Å². The molecule has 0 saturated carbocycles. The summed E-state index contributed by atoms with van der Waals surface area (Å²) in [4.78, 5) is 18.4. The second-order valence-electron chi connectivity index (χ2n) is 7.26. The number of piperidine rings is 1. The number of aromatic nitrogens is 1. The van der Waals surface area contributed by atoms with Crippen LogP contribution < -0.4 is 14.8 Å². The molecule has 1 saturated heterocycles. The Morgan fingerprint density at radius 1 is 1.11 bits per heavy atom. The molecule has 1 aromatic heterocycles. The molecule has 1 fully saturated rings. The molecule has 2 heterocycles. The third kappa shape index (κ3) is 5.96. The highest BCUT2D eigenvalue weighted by Crippen LogP contribution is 2.26. The Labute approximate surface area is 166 Å². The van der Waals surface area contributed by atoms with E-state index in [2.05, 4.69) is 27.3 Å². The second-order valence-corrected chi connectivity index (χ2v) is 7.26. The number of hydrogen-bond donors (Lipinski definition) is 1. The number of carbonyl (C=O) groups excluding carboxylic acids is 1. The topological polar surface area (TPSA) is 63.7 Å². The molecule has 150 valence electrons. The van der Waals surface area contributed by atoms with Gasteiger partial charge in [0.2, 0.25) is 5.91 Å². The molecule has 28 heavy (non-hydrogen) atoms. The van der Waals surface area contributed by atoms with Crippen LogP contribution in [0.4, 0.5) is 5.69 Å². The molecule has 0 unspecified atom stereocenters. The van der Waals surface area contributed by atoms with E-state index < -0.39 is 0 Å². The van der Waals surface area contributed by atoms with Gasteiger partial charge in [0.1, 0.15) is 11.5 Å². The van der Waals surface area contributed by atoms with Crippen LogP contribution in [0, 0.1) is 5.92 Å². The smallest absolute Gasteiger partial charge is 0.238 e. The van der Waals surface area contributed by atoms with Crippen molar-refractivity contribution >= 4 is 11.6 Å². The predicted octanol–water partition coefficient (Wildman–Crippen LogP) is 3.38. The molecular weight excluding hydrogens is 354 g/mol. The van der Waals surface area contributed by atoms with Crippen LogP contribution >= 0.6 is 0 Å². The number of methoxy groups -OCH3 is 2. The Morgan fingerprint density at radius 3 is 2.36 bits per heavy atom. The van der Waals surface area contributed by atoms with Gasteiger partial charge in [-0.05, 0) is 74.5 Å². The lowest BCUT2D eigenvalue weighted by molar-refractivity contribution is -0.117. The number of rotatable bonds is 8. The molecule has 0 bridgehead atoms. The molecule has 1 aromatic carbocycles. The van der Waals surface area contributed by atoms with Gasteiger partial charge in [0, 0.05) is 24.1 Å². The summed E-state index contributed by atoms with van der Waals surface area (Å²) in [6, 6.07) is 9.68. The summed E-state index contributed by atoms with van der Waals surface area (Å²) in [6.45, 7) is 2.38. The molecule has 6 nitrogen and oxygen atoms in total. The minimum absolute atomic E-state index is 0.0353. The molecule has 0 spiro atoms. The highest BCUT2D eigenvalue weighted by Gasteiger charge is 2.21. The molecule has 0 radical (unpaired) electrons. The van der Waals surface area contributed by atoms with Crippen LogP contribution in [0.15, 0.2) is 42.7 Å². The van der Waals surface area contributed by atoms with Gasteiger partial charge in [0.15, 0.2) is 0 Å². The zero-order chi connectivity index (χ0) is 19.8. The maximum Gasteiger partial charge on any atom is 0.238 e. The number of carbonyl (C=O) groups is 1. The number of aryl methyl sites for hydroxylation is 1. The standard InChI is InChI=1S/C22H29N3O3/c1-27-20-13-18(14-21(15-20)28-2)4-3-17-7-11-25(12-8-17)16-22(26)24-19-5-9-23-10-6-19/h5-6,9-10,13-15,17H,3-4,7-8,11-12,16H2,1-2H3,(H,23,24,26). The predicted molar refractivity (Wildman–Crippen MR) is 110 cm³/mol. The van der Waals surface area contributed by atoms with Gasteiger partial charge in [-0.1, -0.05) is 0 Å². The van der Waals surface area contributed by atoms with Crippen LogP contribution in [-0.2, 0) is 11.2 Å². The number of hydrogen-bond acceptors (Lipinski definition) is 5. The quantitative estimate of drug-likeness (QED) is 0.757. The highest BCUT2D eigenvalue weighted by molar-refractivity contribution is 5.92. The lowest BCUT2D eigenvalue weighted by Gasteiger charge is -2.31. The van der Waals surface area contributed by atoms with Gasteiger partial charge in [-0.3, -0.25) is 14.7 Å². The summed E-state index contributed by atoms with van der Waals surface area (Å²) in [5, 5.41) is 2.92. The number of amides is 1. The van der Waals surface area contributed by atoms with Crippen LogP contribution in [0.25, 0.3) is 0 Å². The van der Waals surface area contributed by atoms with Crippen LogP contribution in [0.1, 0.15) is 24.8 Å². The first-order valence-electron chi connectivity index (χ1n) is 9.80. The van der Waals surface area contributed by atoms with Crippen molar-refractivity contribution in [3.05, 3.63) is 48.3 Å². The van der Waals surface area contributed by atoms with Crippen LogP contribution in [0.5, 0.6) is 11.5 Å². The average molecular weight is 383 g/mol. The minimum Gasteiger partial charge on any atom is -0.497 e. The molecule has 3 rings (SSSR count). The monoisotopic (exact) mass is 383 g/mol. The fourth-order valence-electron chi connectivity index (χ4n) is 3.65. The minimum atomic E-state index is 0.0353. The maximum atomic E-state index is 12.2. The molecule has 1 aliphatic heterocycles. The number of pyridine rings is 1. The van der Waals surface area contributed by atoms with E-state index in [0.29, 0.717) is 12.5 Å². The lowest BCUT2D eigenvalue weighted by atomic mass is 9.90. The Bertz CT molecular complexity index is 737. The summed E-state index contributed by atoms with van der Waals surface area (Å²) >= 11 is 0. The van der Waals surface area contributed by atoms with E-state index in [-0.39, 0.29) is 5.91 Å². The third-order valence-electron chi connectivity index (χ3n) is 5.29. The van der Waals surface area contributed by atoms with Crippen molar-refractivity contribution < 1.29 is 14.3 Å².